The van der Waals surface area contributed by atoms with E-state index in [0.717, 1.165) is 6.42 Å². The molecule has 2 atom stereocenters. The zero-order valence-electron chi connectivity index (χ0n) is 11.2. The van der Waals surface area contributed by atoms with Crippen molar-refractivity contribution < 1.29 is 4.79 Å². The van der Waals surface area contributed by atoms with E-state index in [1.165, 1.54) is 5.56 Å². The summed E-state index contributed by atoms with van der Waals surface area (Å²) in [5.41, 5.74) is 0.611. The minimum Gasteiger partial charge on any atom is -0.355 e. The van der Waals surface area contributed by atoms with Gasteiger partial charge in [-0.1, -0.05) is 37.3 Å². The molecule has 1 saturated carbocycles. The topological polar surface area (TPSA) is 29.1 Å². The number of alkyl halides is 2. The number of benzene rings is 1. The molecule has 0 spiro atoms. The van der Waals surface area contributed by atoms with Gasteiger partial charge in [-0.25, -0.2) is 0 Å². The van der Waals surface area contributed by atoms with Crippen LogP contribution in [0.15, 0.2) is 30.3 Å². The fourth-order valence-corrected chi connectivity index (χ4v) is 2.99. The lowest BCUT2D eigenvalue weighted by Crippen LogP contribution is -2.35. The van der Waals surface area contributed by atoms with E-state index in [1.54, 1.807) is 0 Å². The summed E-state index contributed by atoms with van der Waals surface area (Å²) in [6.07, 6.45) is 1.50. The summed E-state index contributed by atoms with van der Waals surface area (Å²) < 4.78 is -0.897. The number of rotatable bonds is 5. The van der Waals surface area contributed by atoms with Gasteiger partial charge in [0, 0.05) is 12.5 Å². The molecule has 0 bridgehead atoms. The highest BCUT2D eigenvalue weighted by Gasteiger charge is 2.67. The van der Waals surface area contributed by atoms with E-state index in [2.05, 4.69) is 24.4 Å². The van der Waals surface area contributed by atoms with Crippen molar-refractivity contribution in [3.8, 4) is 0 Å². The molecule has 2 rings (SSSR count). The first-order valence-electron chi connectivity index (χ1n) is 6.62. The summed E-state index contributed by atoms with van der Waals surface area (Å²) in [5.74, 6) is 0.277. The SMILES string of the molecule is CCC(CNC(=O)C1(C)CC1(Cl)Cl)c1ccccc1. The Morgan fingerprint density at radius 2 is 1.95 bits per heavy atom. The summed E-state index contributed by atoms with van der Waals surface area (Å²) in [6, 6.07) is 10.2. The number of hydrogen-bond acceptors (Lipinski definition) is 1. The summed E-state index contributed by atoms with van der Waals surface area (Å²) in [6.45, 7) is 4.56. The zero-order chi connectivity index (χ0) is 14.1. The smallest absolute Gasteiger partial charge is 0.229 e. The van der Waals surface area contributed by atoms with Crippen LogP contribution in [0.25, 0.3) is 0 Å². The van der Waals surface area contributed by atoms with E-state index >= 15 is 0 Å². The molecule has 1 aromatic carbocycles. The number of nitrogens with one attached hydrogen (secondary N) is 1. The van der Waals surface area contributed by atoms with Crippen molar-refractivity contribution in [3.05, 3.63) is 35.9 Å². The van der Waals surface area contributed by atoms with Gasteiger partial charge in [0.05, 0.1) is 5.41 Å². The monoisotopic (exact) mass is 299 g/mol. The van der Waals surface area contributed by atoms with E-state index in [0.29, 0.717) is 18.9 Å². The van der Waals surface area contributed by atoms with Crippen LogP contribution in [-0.2, 0) is 4.79 Å². The van der Waals surface area contributed by atoms with E-state index in [-0.39, 0.29) is 5.91 Å². The molecule has 0 heterocycles. The van der Waals surface area contributed by atoms with E-state index in [9.17, 15) is 4.79 Å². The summed E-state index contributed by atoms with van der Waals surface area (Å²) in [4.78, 5) is 12.1. The average Bonchev–Trinajstić information content (AvgIpc) is 2.92. The molecule has 1 amide bonds. The van der Waals surface area contributed by atoms with Crippen molar-refractivity contribution in [2.45, 2.75) is 36.9 Å². The lowest BCUT2D eigenvalue weighted by Gasteiger charge is -2.18. The molecular formula is C15H19Cl2NO. The zero-order valence-corrected chi connectivity index (χ0v) is 12.8. The number of amides is 1. The molecule has 2 nitrogen and oxygen atoms in total. The van der Waals surface area contributed by atoms with E-state index < -0.39 is 9.75 Å². The first-order valence-corrected chi connectivity index (χ1v) is 7.37. The molecule has 104 valence electrons. The standard InChI is InChI=1S/C15H19Cl2NO/c1-3-11(12-7-5-4-6-8-12)9-18-13(19)14(2)10-15(14,16)17/h4-8,11H,3,9-10H2,1-2H3,(H,18,19). The minimum absolute atomic E-state index is 0.0492. The fraction of sp³-hybridized carbons (Fsp3) is 0.533. The first kappa shape index (κ1) is 14.7. The molecule has 1 aliphatic carbocycles. The van der Waals surface area contributed by atoms with Crippen molar-refractivity contribution in [1.82, 2.24) is 5.32 Å². The molecule has 1 aliphatic rings. The van der Waals surface area contributed by atoms with Crippen LogP contribution in [0.3, 0.4) is 0 Å². The van der Waals surface area contributed by atoms with Crippen LogP contribution in [0.1, 0.15) is 38.2 Å². The molecule has 1 N–H and O–H groups in total. The van der Waals surface area contributed by atoms with Crippen LogP contribution in [-0.4, -0.2) is 16.8 Å². The Balaban J connectivity index is 1.93. The van der Waals surface area contributed by atoms with Crippen molar-refractivity contribution in [2.24, 2.45) is 5.41 Å². The van der Waals surface area contributed by atoms with E-state index in [4.69, 9.17) is 23.2 Å². The Bertz CT molecular complexity index is 460. The fourth-order valence-electron chi connectivity index (χ4n) is 2.28. The maximum absolute atomic E-state index is 12.1. The van der Waals surface area contributed by atoms with Gasteiger partial charge in [-0.2, -0.15) is 0 Å². The third kappa shape index (κ3) is 2.90. The van der Waals surface area contributed by atoms with Crippen LogP contribution in [0.2, 0.25) is 0 Å². The number of hydrogen-bond donors (Lipinski definition) is 1. The quantitative estimate of drug-likeness (QED) is 0.821. The molecular weight excluding hydrogens is 281 g/mol. The Kier molecular flexibility index (Phi) is 4.12. The molecule has 0 aliphatic heterocycles. The Hall–Kier alpha value is -0.730. The lowest BCUT2D eigenvalue weighted by atomic mass is 9.96. The summed E-state index contributed by atoms with van der Waals surface area (Å²) in [5, 5.41) is 2.98. The second-order valence-electron chi connectivity index (χ2n) is 5.44. The highest BCUT2D eigenvalue weighted by Crippen LogP contribution is 2.63. The molecule has 0 radical (unpaired) electrons. The van der Waals surface area contributed by atoms with E-state index in [1.807, 2.05) is 25.1 Å². The highest BCUT2D eigenvalue weighted by atomic mass is 35.5. The molecule has 1 fully saturated rings. The van der Waals surface area contributed by atoms with Crippen molar-refractivity contribution in [1.29, 1.82) is 0 Å². The molecule has 4 heteroatoms. The van der Waals surface area contributed by atoms with Crippen LogP contribution in [0.5, 0.6) is 0 Å². The molecule has 1 aromatic rings. The van der Waals surface area contributed by atoms with Gasteiger partial charge in [-0.3, -0.25) is 4.79 Å². The van der Waals surface area contributed by atoms with Crippen LogP contribution >= 0.6 is 23.2 Å². The molecule has 19 heavy (non-hydrogen) atoms. The Morgan fingerprint density at radius 3 is 2.42 bits per heavy atom. The van der Waals surface area contributed by atoms with Crippen molar-refractivity contribution >= 4 is 29.1 Å². The predicted molar refractivity (Wildman–Crippen MR) is 79.6 cm³/mol. The maximum Gasteiger partial charge on any atom is 0.229 e. The van der Waals surface area contributed by atoms with Gasteiger partial charge in [-0.05, 0) is 25.3 Å². The van der Waals surface area contributed by atoms with Gasteiger partial charge in [0.1, 0.15) is 4.33 Å². The molecule has 0 aromatic heterocycles. The van der Waals surface area contributed by atoms with Gasteiger partial charge >= 0.3 is 0 Å². The normalized spacial score (nSPS) is 25.7. The highest BCUT2D eigenvalue weighted by molar-refractivity contribution is 6.53. The van der Waals surface area contributed by atoms with Crippen LogP contribution in [0.4, 0.5) is 0 Å². The van der Waals surface area contributed by atoms with Gasteiger partial charge in [0.25, 0.3) is 0 Å². The summed E-state index contributed by atoms with van der Waals surface area (Å²) >= 11 is 12.0. The molecule has 0 saturated heterocycles. The van der Waals surface area contributed by atoms with Gasteiger partial charge in [0.2, 0.25) is 5.91 Å². The Labute approximate surface area is 124 Å². The second kappa shape index (κ2) is 5.34. The third-order valence-electron chi connectivity index (χ3n) is 4.03. The minimum atomic E-state index is -0.897. The largest absolute Gasteiger partial charge is 0.355 e. The van der Waals surface area contributed by atoms with Crippen molar-refractivity contribution in [3.63, 3.8) is 0 Å². The van der Waals surface area contributed by atoms with Crippen molar-refractivity contribution in [2.75, 3.05) is 6.54 Å². The number of halogens is 2. The summed E-state index contributed by atoms with van der Waals surface area (Å²) in [7, 11) is 0. The van der Waals surface area contributed by atoms with Crippen LogP contribution < -0.4 is 5.32 Å². The van der Waals surface area contributed by atoms with Gasteiger partial charge < -0.3 is 5.32 Å². The number of carbonyl (C=O) groups is 1. The molecule has 2 unspecified atom stereocenters. The first-order chi connectivity index (χ1) is 8.90. The second-order valence-corrected chi connectivity index (χ2v) is 6.92. The average molecular weight is 300 g/mol. The number of carbonyl (C=O) groups excluding carboxylic acids is 1. The Morgan fingerprint density at radius 1 is 1.37 bits per heavy atom. The van der Waals surface area contributed by atoms with Gasteiger partial charge in [0.15, 0.2) is 0 Å². The predicted octanol–water partition coefficient (Wildman–Crippen LogP) is 3.88. The van der Waals surface area contributed by atoms with Crippen LogP contribution in [0, 0.1) is 5.41 Å². The third-order valence-corrected chi connectivity index (χ3v) is 5.13. The maximum atomic E-state index is 12.1. The van der Waals surface area contributed by atoms with Gasteiger partial charge in [-0.15, -0.1) is 23.2 Å². The lowest BCUT2D eigenvalue weighted by molar-refractivity contribution is -0.125.